The third-order valence-corrected chi connectivity index (χ3v) is 4.80. The first-order valence-electron chi connectivity index (χ1n) is 8.47. The molecule has 1 aromatic carbocycles. The van der Waals surface area contributed by atoms with Crippen molar-refractivity contribution in [3.63, 3.8) is 0 Å². The van der Waals surface area contributed by atoms with Gasteiger partial charge < -0.3 is 16.2 Å². The van der Waals surface area contributed by atoms with Crippen LogP contribution in [0.2, 0.25) is 0 Å². The normalized spacial score (nSPS) is 19.5. The molecule has 1 aliphatic carbocycles. The van der Waals surface area contributed by atoms with Crippen molar-refractivity contribution in [2.75, 3.05) is 12.0 Å². The van der Waals surface area contributed by atoms with Crippen molar-refractivity contribution in [1.29, 1.82) is 0 Å². The Kier molecular flexibility index (Phi) is 4.75. The van der Waals surface area contributed by atoms with Gasteiger partial charge in [-0.15, -0.1) is 0 Å². The van der Waals surface area contributed by atoms with E-state index in [0.717, 1.165) is 25.3 Å². The summed E-state index contributed by atoms with van der Waals surface area (Å²) in [6.07, 6.45) is -1.40. The number of Topliss-reactive ketones (excluding diaryl/α,β-unsaturated/α-hetero) is 1. The van der Waals surface area contributed by atoms with Crippen LogP contribution in [0.3, 0.4) is 0 Å². The summed E-state index contributed by atoms with van der Waals surface area (Å²) in [5.41, 5.74) is 10.3. The molecule has 0 amide bonds. The fourth-order valence-corrected chi connectivity index (χ4v) is 3.64. The lowest BCUT2D eigenvalue weighted by atomic mass is 9.86. The van der Waals surface area contributed by atoms with Crippen LogP contribution in [0.4, 0.5) is 18.9 Å². The maximum absolute atomic E-state index is 13.2. The van der Waals surface area contributed by atoms with Crippen LogP contribution < -0.4 is 21.1 Å². The SMILES string of the molecule is COc1ccc(N2C(N)=NC(N)=NC23CCCCC3)c(C(=O)C(F)(F)F)c1. The van der Waals surface area contributed by atoms with Gasteiger partial charge in [-0.1, -0.05) is 6.42 Å². The molecule has 27 heavy (non-hydrogen) atoms. The topological polar surface area (TPSA) is 106 Å². The summed E-state index contributed by atoms with van der Waals surface area (Å²) in [5, 5.41) is 0. The third-order valence-electron chi connectivity index (χ3n) is 4.80. The number of nitrogens with two attached hydrogens (primary N) is 2. The molecule has 0 atom stereocenters. The Bertz CT molecular complexity index is 813. The Morgan fingerprint density at radius 3 is 2.48 bits per heavy atom. The number of methoxy groups -OCH3 is 1. The summed E-state index contributed by atoms with van der Waals surface area (Å²) in [5.74, 6) is -1.98. The number of alkyl halides is 3. The highest BCUT2D eigenvalue weighted by Crippen LogP contribution is 2.42. The highest BCUT2D eigenvalue weighted by atomic mass is 19.4. The molecule has 7 nitrogen and oxygen atoms in total. The van der Waals surface area contributed by atoms with Gasteiger partial charge in [-0.3, -0.25) is 9.69 Å². The summed E-state index contributed by atoms with van der Waals surface area (Å²) < 4.78 is 44.6. The van der Waals surface area contributed by atoms with Crippen LogP contribution in [0.15, 0.2) is 28.2 Å². The second kappa shape index (κ2) is 6.75. The number of halogens is 3. The molecule has 10 heteroatoms. The summed E-state index contributed by atoms with van der Waals surface area (Å²) in [6.45, 7) is 0. The van der Waals surface area contributed by atoms with E-state index in [0.29, 0.717) is 12.8 Å². The van der Waals surface area contributed by atoms with Gasteiger partial charge >= 0.3 is 6.18 Å². The first-order valence-corrected chi connectivity index (χ1v) is 8.47. The molecule has 0 radical (unpaired) electrons. The molecule has 1 aliphatic heterocycles. The summed E-state index contributed by atoms with van der Waals surface area (Å²) >= 11 is 0. The maximum Gasteiger partial charge on any atom is 0.454 e. The number of hydrogen-bond donors (Lipinski definition) is 2. The van der Waals surface area contributed by atoms with Crippen molar-refractivity contribution in [2.24, 2.45) is 21.5 Å². The number of guanidine groups is 2. The number of ketones is 1. The number of ether oxygens (including phenoxy) is 1. The largest absolute Gasteiger partial charge is 0.497 e. The Labute approximate surface area is 153 Å². The number of hydrogen-bond acceptors (Lipinski definition) is 7. The monoisotopic (exact) mass is 383 g/mol. The lowest BCUT2D eigenvalue weighted by molar-refractivity contribution is -0.0885. The number of benzene rings is 1. The van der Waals surface area contributed by atoms with Crippen LogP contribution in [-0.2, 0) is 0 Å². The van der Waals surface area contributed by atoms with Crippen LogP contribution in [-0.4, -0.2) is 36.7 Å². The smallest absolute Gasteiger partial charge is 0.454 e. The number of rotatable bonds is 3. The van der Waals surface area contributed by atoms with Crippen molar-refractivity contribution >= 4 is 23.4 Å². The molecule has 1 spiro atoms. The summed E-state index contributed by atoms with van der Waals surface area (Å²) in [4.78, 5) is 21.8. The van der Waals surface area contributed by atoms with Gasteiger partial charge in [0.2, 0.25) is 11.9 Å². The molecule has 146 valence electrons. The Balaban J connectivity index is 2.19. The van der Waals surface area contributed by atoms with E-state index in [-0.39, 0.29) is 23.4 Å². The standard InChI is InChI=1S/C17H20F3N5O2/c1-27-10-5-6-12(11(9-10)13(26)17(18,19)20)25-15(22)23-14(21)24-16(25)7-3-2-4-8-16/h5-6,9H,2-4,7-8H2,1H3,(H4,21,22,23,24). The van der Waals surface area contributed by atoms with Crippen LogP contribution in [0.1, 0.15) is 42.5 Å². The lowest BCUT2D eigenvalue weighted by Gasteiger charge is -2.46. The van der Waals surface area contributed by atoms with Gasteiger partial charge in [-0.05, 0) is 43.9 Å². The van der Waals surface area contributed by atoms with E-state index in [9.17, 15) is 18.0 Å². The molecular weight excluding hydrogens is 363 g/mol. The second-order valence-electron chi connectivity index (χ2n) is 6.53. The van der Waals surface area contributed by atoms with Crippen molar-refractivity contribution in [2.45, 2.75) is 43.9 Å². The zero-order valence-corrected chi connectivity index (χ0v) is 14.7. The molecular formula is C17H20F3N5O2. The highest BCUT2D eigenvalue weighted by molar-refractivity contribution is 6.12. The van der Waals surface area contributed by atoms with Gasteiger partial charge in [0.1, 0.15) is 11.4 Å². The minimum absolute atomic E-state index is 0.0162. The Morgan fingerprint density at radius 1 is 1.22 bits per heavy atom. The van der Waals surface area contributed by atoms with Crippen molar-refractivity contribution in [3.8, 4) is 5.75 Å². The highest BCUT2D eigenvalue weighted by Gasteiger charge is 2.46. The molecule has 1 heterocycles. The molecule has 0 bridgehead atoms. The molecule has 0 saturated heterocycles. The van der Waals surface area contributed by atoms with Gasteiger partial charge in [0.25, 0.3) is 5.78 Å². The van der Waals surface area contributed by atoms with Crippen LogP contribution >= 0.6 is 0 Å². The molecule has 2 aliphatic rings. The fourth-order valence-electron chi connectivity index (χ4n) is 3.64. The van der Waals surface area contributed by atoms with Crippen molar-refractivity contribution in [1.82, 2.24) is 0 Å². The minimum Gasteiger partial charge on any atom is -0.497 e. The fraction of sp³-hybridized carbons (Fsp3) is 0.471. The van der Waals surface area contributed by atoms with Gasteiger partial charge in [0.15, 0.2) is 0 Å². The lowest BCUT2D eigenvalue weighted by Crippen LogP contribution is -2.58. The molecule has 1 saturated carbocycles. The Morgan fingerprint density at radius 2 is 1.89 bits per heavy atom. The molecule has 1 fully saturated rings. The first-order chi connectivity index (χ1) is 12.7. The maximum atomic E-state index is 13.2. The summed E-state index contributed by atoms with van der Waals surface area (Å²) in [7, 11) is 1.31. The van der Waals surface area contributed by atoms with Crippen molar-refractivity contribution in [3.05, 3.63) is 23.8 Å². The Hall–Kier alpha value is -2.78. The van der Waals surface area contributed by atoms with Gasteiger partial charge in [-0.25, -0.2) is 4.99 Å². The van der Waals surface area contributed by atoms with E-state index in [1.165, 1.54) is 24.1 Å². The molecule has 4 N–H and O–H groups in total. The van der Waals surface area contributed by atoms with E-state index in [4.69, 9.17) is 16.2 Å². The van der Waals surface area contributed by atoms with E-state index < -0.39 is 23.2 Å². The number of aliphatic imine (C=N–C) groups is 2. The van der Waals surface area contributed by atoms with Crippen LogP contribution in [0, 0.1) is 0 Å². The predicted molar refractivity (Wildman–Crippen MR) is 94.9 cm³/mol. The third kappa shape index (κ3) is 3.43. The quantitative estimate of drug-likeness (QED) is 0.780. The zero-order valence-electron chi connectivity index (χ0n) is 14.7. The average Bonchev–Trinajstić information content (AvgIpc) is 2.60. The molecule has 0 unspecified atom stereocenters. The minimum atomic E-state index is -5.05. The zero-order chi connectivity index (χ0) is 19.8. The van der Waals surface area contributed by atoms with E-state index in [1.807, 2.05) is 0 Å². The molecule has 0 aromatic heterocycles. The number of anilines is 1. The average molecular weight is 383 g/mol. The van der Waals surface area contributed by atoms with Gasteiger partial charge in [0, 0.05) is 0 Å². The van der Waals surface area contributed by atoms with Gasteiger partial charge in [-0.2, -0.15) is 18.2 Å². The molecule has 1 aromatic rings. The second-order valence-corrected chi connectivity index (χ2v) is 6.53. The van der Waals surface area contributed by atoms with Crippen LogP contribution in [0.25, 0.3) is 0 Å². The first kappa shape index (κ1) is 19.0. The number of nitrogens with zero attached hydrogens (tertiary/aromatic N) is 3. The van der Waals surface area contributed by atoms with E-state index in [2.05, 4.69) is 9.98 Å². The van der Waals surface area contributed by atoms with Gasteiger partial charge in [0.05, 0.1) is 18.4 Å². The van der Waals surface area contributed by atoms with Crippen LogP contribution in [0.5, 0.6) is 5.75 Å². The van der Waals surface area contributed by atoms with E-state index >= 15 is 0 Å². The van der Waals surface area contributed by atoms with Crippen molar-refractivity contribution < 1.29 is 22.7 Å². The molecule has 3 rings (SSSR count). The number of carbonyl (C=O) groups is 1. The number of carbonyl (C=O) groups excluding carboxylic acids is 1. The predicted octanol–water partition coefficient (Wildman–Crippen LogP) is 2.55. The summed E-state index contributed by atoms with van der Waals surface area (Å²) in [6, 6.07) is 3.89. The van der Waals surface area contributed by atoms with E-state index in [1.54, 1.807) is 0 Å².